The smallest absolute Gasteiger partial charge is 0.226 e. The molecule has 0 aliphatic carbocycles. The number of amides is 1. The van der Waals surface area contributed by atoms with Crippen molar-refractivity contribution in [2.45, 2.75) is 32.3 Å². The quantitative estimate of drug-likeness (QED) is 0.655. The molecule has 0 aromatic carbocycles. The minimum absolute atomic E-state index is 0.0991. The number of hydrogen-bond donors (Lipinski definition) is 0. The number of nitrogens with zero attached hydrogens (tertiary/aromatic N) is 1. The van der Waals surface area contributed by atoms with E-state index in [2.05, 4.69) is 12.8 Å². The summed E-state index contributed by atoms with van der Waals surface area (Å²) in [7, 11) is 1.76. The molecule has 3 heteroatoms. The van der Waals surface area contributed by atoms with Crippen LogP contribution in [0.3, 0.4) is 0 Å². The Morgan fingerprint density at radius 3 is 3.00 bits per heavy atom. The van der Waals surface area contributed by atoms with Gasteiger partial charge in [-0.25, -0.2) is 0 Å². The molecule has 0 saturated carbocycles. The highest BCUT2D eigenvalue weighted by molar-refractivity contribution is 5.78. The highest BCUT2D eigenvalue weighted by atomic mass is 16.5. The highest BCUT2D eigenvalue weighted by Gasteiger charge is 2.28. The third kappa shape index (κ3) is 3.24. The summed E-state index contributed by atoms with van der Waals surface area (Å²) < 4.78 is 5.54. The van der Waals surface area contributed by atoms with Crippen molar-refractivity contribution in [2.75, 3.05) is 20.2 Å². The molecule has 3 nitrogen and oxygen atoms in total. The second kappa shape index (κ2) is 5.77. The van der Waals surface area contributed by atoms with Gasteiger partial charge in [0.05, 0.1) is 12.6 Å². The Labute approximate surface area is 91.8 Å². The van der Waals surface area contributed by atoms with E-state index in [9.17, 15) is 4.79 Å². The highest BCUT2D eigenvalue weighted by Crippen LogP contribution is 2.23. The van der Waals surface area contributed by atoms with Gasteiger partial charge in [0.1, 0.15) is 0 Å². The first kappa shape index (κ1) is 12.1. The first-order valence-electron chi connectivity index (χ1n) is 5.49. The Hall–Kier alpha value is -1.01. The number of ether oxygens (including phenoxy) is 1. The van der Waals surface area contributed by atoms with Crippen LogP contribution in [0.25, 0.3) is 0 Å². The lowest BCUT2D eigenvalue weighted by atomic mass is 9.93. The van der Waals surface area contributed by atoms with Gasteiger partial charge < -0.3 is 9.64 Å². The molecule has 1 aliphatic rings. The number of carbonyl (C=O) groups is 1. The average molecular weight is 209 g/mol. The Bertz CT molecular complexity index is 257. The lowest BCUT2D eigenvalue weighted by Crippen LogP contribution is -2.38. The van der Waals surface area contributed by atoms with Gasteiger partial charge in [-0.05, 0) is 19.3 Å². The molecular weight excluding hydrogens is 190 g/mol. The van der Waals surface area contributed by atoms with E-state index in [4.69, 9.17) is 11.2 Å². The second-order valence-corrected chi connectivity index (χ2v) is 4.02. The van der Waals surface area contributed by atoms with Crippen molar-refractivity contribution in [3.63, 3.8) is 0 Å². The van der Waals surface area contributed by atoms with Gasteiger partial charge in [-0.1, -0.05) is 12.8 Å². The molecule has 1 fully saturated rings. The molecule has 0 radical (unpaired) electrons. The number of hydrogen-bond acceptors (Lipinski definition) is 2. The molecule has 0 aromatic heterocycles. The molecule has 1 aliphatic heterocycles. The summed E-state index contributed by atoms with van der Waals surface area (Å²) in [6.07, 6.45) is 8.06. The molecule has 0 unspecified atom stereocenters. The van der Waals surface area contributed by atoms with Gasteiger partial charge in [-0.2, -0.15) is 0 Å². The van der Waals surface area contributed by atoms with E-state index < -0.39 is 0 Å². The van der Waals surface area contributed by atoms with Crippen LogP contribution in [0.2, 0.25) is 0 Å². The molecular formula is C12H19NO2. The van der Waals surface area contributed by atoms with Gasteiger partial charge in [0.15, 0.2) is 0 Å². The fraction of sp³-hybridized carbons (Fsp3) is 0.750. The van der Waals surface area contributed by atoms with Crippen LogP contribution in [-0.4, -0.2) is 37.1 Å². The molecule has 0 N–H and O–H groups in total. The molecule has 1 heterocycles. The van der Waals surface area contributed by atoms with Crippen LogP contribution in [0.4, 0.5) is 0 Å². The van der Waals surface area contributed by atoms with Gasteiger partial charge in [0, 0.05) is 19.6 Å². The van der Waals surface area contributed by atoms with E-state index >= 15 is 0 Å². The normalized spacial score (nSPS) is 25.7. The minimum Gasteiger partial charge on any atom is -0.378 e. The fourth-order valence-corrected chi connectivity index (χ4v) is 1.92. The van der Waals surface area contributed by atoms with E-state index in [0.29, 0.717) is 13.2 Å². The van der Waals surface area contributed by atoms with E-state index in [0.717, 1.165) is 19.3 Å². The fourth-order valence-electron chi connectivity index (χ4n) is 1.92. The maximum absolute atomic E-state index is 11.9. The maximum Gasteiger partial charge on any atom is 0.226 e. The molecule has 1 amide bonds. The van der Waals surface area contributed by atoms with Crippen molar-refractivity contribution in [3.05, 3.63) is 0 Å². The summed E-state index contributed by atoms with van der Waals surface area (Å²) in [4.78, 5) is 13.6. The van der Waals surface area contributed by atoms with Gasteiger partial charge in [0.2, 0.25) is 5.91 Å². The van der Waals surface area contributed by atoms with Crippen molar-refractivity contribution in [2.24, 2.45) is 5.92 Å². The Morgan fingerprint density at radius 1 is 1.67 bits per heavy atom. The zero-order valence-corrected chi connectivity index (χ0v) is 9.53. The molecule has 0 bridgehead atoms. The van der Waals surface area contributed by atoms with Crippen LogP contribution in [-0.2, 0) is 9.53 Å². The molecule has 15 heavy (non-hydrogen) atoms. The van der Waals surface area contributed by atoms with Crippen LogP contribution in [0.5, 0.6) is 0 Å². The third-order valence-electron chi connectivity index (χ3n) is 2.88. The molecule has 2 atom stereocenters. The Kier molecular flexibility index (Phi) is 4.64. The van der Waals surface area contributed by atoms with Crippen LogP contribution in [0.15, 0.2) is 0 Å². The lowest BCUT2D eigenvalue weighted by Gasteiger charge is -2.30. The average Bonchev–Trinajstić information content (AvgIpc) is 2.28. The summed E-state index contributed by atoms with van der Waals surface area (Å²) >= 11 is 0. The second-order valence-electron chi connectivity index (χ2n) is 4.02. The third-order valence-corrected chi connectivity index (χ3v) is 2.88. The van der Waals surface area contributed by atoms with Crippen molar-refractivity contribution >= 4 is 5.91 Å². The Balaban J connectivity index is 2.49. The van der Waals surface area contributed by atoms with E-state index in [1.807, 2.05) is 0 Å². The van der Waals surface area contributed by atoms with Crippen molar-refractivity contribution in [3.8, 4) is 12.3 Å². The zero-order valence-electron chi connectivity index (χ0n) is 9.53. The van der Waals surface area contributed by atoms with Crippen LogP contribution in [0.1, 0.15) is 26.2 Å². The van der Waals surface area contributed by atoms with Crippen LogP contribution < -0.4 is 0 Å². The minimum atomic E-state index is 0.0991. The first-order chi connectivity index (χ1) is 7.19. The van der Waals surface area contributed by atoms with Gasteiger partial charge in [-0.15, -0.1) is 6.42 Å². The zero-order chi connectivity index (χ0) is 11.3. The predicted molar refractivity (Wildman–Crippen MR) is 59.2 cm³/mol. The van der Waals surface area contributed by atoms with Crippen molar-refractivity contribution in [1.82, 2.24) is 4.90 Å². The molecule has 0 aromatic rings. The molecule has 1 saturated heterocycles. The predicted octanol–water partition coefficient (Wildman–Crippen LogP) is 1.28. The van der Waals surface area contributed by atoms with Gasteiger partial charge >= 0.3 is 0 Å². The van der Waals surface area contributed by atoms with Gasteiger partial charge in [-0.3, -0.25) is 4.79 Å². The first-order valence-corrected chi connectivity index (χ1v) is 5.49. The van der Waals surface area contributed by atoms with Crippen molar-refractivity contribution < 1.29 is 9.53 Å². The number of terminal acetylenes is 1. The number of rotatable bonds is 3. The Morgan fingerprint density at radius 2 is 2.40 bits per heavy atom. The maximum atomic E-state index is 11.9. The monoisotopic (exact) mass is 209 g/mol. The summed E-state index contributed by atoms with van der Waals surface area (Å²) in [6, 6.07) is 0. The SMILES string of the molecule is C#CCN(C)C(=O)[C@H]1CCO[C@H](CC)C1. The topological polar surface area (TPSA) is 29.5 Å². The van der Waals surface area contributed by atoms with E-state index in [-0.39, 0.29) is 17.9 Å². The summed E-state index contributed by atoms with van der Waals surface area (Å²) in [5.41, 5.74) is 0. The van der Waals surface area contributed by atoms with Crippen molar-refractivity contribution in [1.29, 1.82) is 0 Å². The largest absolute Gasteiger partial charge is 0.378 e. The van der Waals surface area contributed by atoms with Crippen LogP contribution >= 0.6 is 0 Å². The van der Waals surface area contributed by atoms with E-state index in [1.165, 1.54) is 0 Å². The standard InChI is InChI=1S/C12H19NO2/c1-4-7-13(3)12(14)10-6-8-15-11(5-2)9-10/h1,10-11H,5-9H2,2-3H3/t10-,11+/m0/s1. The molecule has 0 spiro atoms. The van der Waals surface area contributed by atoms with E-state index in [1.54, 1.807) is 11.9 Å². The summed E-state index contributed by atoms with van der Waals surface area (Å²) in [6.45, 7) is 3.18. The van der Waals surface area contributed by atoms with Gasteiger partial charge in [0.25, 0.3) is 0 Å². The molecule has 1 rings (SSSR count). The lowest BCUT2D eigenvalue weighted by molar-refractivity contribution is -0.138. The summed E-state index contributed by atoms with van der Waals surface area (Å²) in [5.74, 6) is 2.75. The molecule has 84 valence electrons. The number of carbonyl (C=O) groups excluding carboxylic acids is 1. The summed E-state index contributed by atoms with van der Waals surface area (Å²) in [5, 5.41) is 0. The van der Waals surface area contributed by atoms with Crippen LogP contribution in [0, 0.1) is 18.3 Å².